The molecule has 1 saturated heterocycles. The number of hydrogen-bond donors (Lipinski definition) is 0. The van der Waals surface area contributed by atoms with Gasteiger partial charge < -0.3 is 4.74 Å². The maximum absolute atomic E-state index is 13.0. The summed E-state index contributed by atoms with van der Waals surface area (Å²) in [5, 5.41) is 1.81. The van der Waals surface area contributed by atoms with Crippen LogP contribution in [-0.4, -0.2) is 28.0 Å². The van der Waals surface area contributed by atoms with Gasteiger partial charge in [0.15, 0.2) is 5.16 Å². The van der Waals surface area contributed by atoms with Crippen molar-refractivity contribution in [2.75, 3.05) is 12.4 Å². The Morgan fingerprint density at radius 3 is 3.04 bits per heavy atom. The van der Waals surface area contributed by atoms with E-state index in [1.807, 2.05) is 13.0 Å². The highest BCUT2D eigenvalue weighted by Gasteiger charge is 2.20. The normalized spacial score (nSPS) is 17.0. The van der Waals surface area contributed by atoms with Gasteiger partial charge in [0.1, 0.15) is 0 Å². The summed E-state index contributed by atoms with van der Waals surface area (Å²) in [5.74, 6) is 6.49. The van der Waals surface area contributed by atoms with Crippen LogP contribution in [0.1, 0.15) is 25.3 Å². The molecule has 24 heavy (non-hydrogen) atoms. The SMILES string of the molecule is CC#CCSc1nc2c(C)cc(Cl)cc2c(=O)n1CC1CCCO1. The molecule has 0 radical (unpaired) electrons. The highest BCUT2D eigenvalue weighted by Crippen LogP contribution is 2.24. The molecule has 0 bridgehead atoms. The van der Waals surface area contributed by atoms with E-state index in [1.54, 1.807) is 17.6 Å². The fourth-order valence-corrected chi connectivity index (χ4v) is 3.96. The Morgan fingerprint density at radius 1 is 1.50 bits per heavy atom. The van der Waals surface area contributed by atoms with Gasteiger partial charge in [-0.05, 0) is 44.4 Å². The summed E-state index contributed by atoms with van der Waals surface area (Å²) in [6, 6.07) is 3.53. The van der Waals surface area contributed by atoms with Crippen molar-refractivity contribution >= 4 is 34.3 Å². The number of fused-ring (bicyclic) bond motifs is 1. The summed E-state index contributed by atoms with van der Waals surface area (Å²) in [4.78, 5) is 17.8. The summed E-state index contributed by atoms with van der Waals surface area (Å²) < 4.78 is 7.42. The van der Waals surface area contributed by atoms with Crippen LogP contribution in [-0.2, 0) is 11.3 Å². The van der Waals surface area contributed by atoms with Crippen molar-refractivity contribution in [1.29, 1.82) is 0 Å². The minimum Gasteiger partial charge on any atom is -0.376 e. The summed E-state index contributed by atoms with van der Waals surface area (Å²) in [7, 11) is 0. The highest BCUT2D eigenvalue weighted by atomic mass is 35.5. The van der Waals surface area contributed by atoms with Gasteiger partial charge in [-0.2, -0.15) is 0 Å². The molecule has 2 heterocycles. The first-order chi connectivity index (χ1) is 11.6. The topological polar surface area (TPSA) is 44.1 Å². The molecule has 0 aliphatic carbocycles. The molecule has 0 N–H and O–H groups in total. The van der Waals surface area contributed by atoms with E-state index in [-0.39, 0.29) is 11.7 Å². The van der Waals surface area contributed by atoms with Gasteiger partial charge in [0.2, 0.25) is 0 Å². The smallest absolute Gasteiger partial charge is 0.262 e. The lowest BCUT2D eigenvalue weighted by Crippen LogP contribution is -2.29. The van der Waals surface area contributed by atoms with Crippen LogP contribution in [0.5, 0.6) is 0 Å². The zero-order valence-electron chi connectivity index (χ0n) is 13.8. The van der Waals surface area contributed by atoms with Gasteiger partial charge in [-0.3, -0.25) is 9.36 Å². The second-order valence-corrected chi connectivity index (χ2v) is 7.16. The molecule has 6 heteroatoms. The van der Waals surface area contributed by atoms with Crippen LogP contribution in [0, 0.1) is 18.8 Å². The zero-order chi connectivity index (χ0) is 17.1. The van der Waals surface area contributed by atoms with Crippen LogP contribution in [0.2, 0.25) is 5.02 Å². The Morgan fingerprint density at radius 2 is 2.33 bits per heavy atom. The number of aromatic nitrogens is 2. The van der Waals surface area contributed by atoms with E-state index in [9.17, 15) is 4.79 Å². The molecule has 4 nitrogen and oxygen atoms in total. The van der Waals surface area contributed by atoms with Crippen LogP contribution >= 0.6 is 23.4 Å². The third kappa shape index (κ3) is 3.61. The first-order valence-electron chi connectivity index (χ1n) is 7.95. The number of nitrogens with zero attached hydrogens (tertiary/aromatic N) is 2. The zero-order valence-corrected chi connectivity index (χ0v) is 15.3. The lowest BCUT2D eigenvalue weighted by atomic mass is 10.1. The molecule has 1 atom stereocenters. The van der Waals surface area contributed by atoms with E-state index < -0.39 is 0 Å². The molecule has 1 aromatic heterocycles. The summed E-state index contributed by atoms with van der Waals surface area (Å²) >= 11 is 7.62. The minimum atomic E-state index is -0.0620. The monoisotopic (exact) mass is 362 g/mol. The fraction of sp³-hybridized carbons (Fsp3) is 0.444. The van der Waals surface area contributed by atoms with E-state index in [1.165, 1.54) is 11.8 Å². The second-order valence-electron chi connectivity index (χ2n) is 5.78. The van der Waals surface area contributed by atoms with E-state index in [4.69, 9.17) is 21.3 Å². The Labute approximate surface area is 150 Å². The van der Waals surface area contributed by atoms with Gasteiger partial charge in [0.25, 0.3) is 5.56 Å². The molecule has 0 amide bonds. The van der Waals surface area contributed by atoms with Crippen molar-refractivity contribution in [2.45, 2.75) is 44.5 Å². The van der Waals surface area contributed by atoms with Crippen molar-refractivity contribution < 1.29 is 4.74 Å². The largest absolute Gasteiger partial charge is 0.376 e. The minimum absolute atomic E-state index is 0.0620. The molecule has 1 aliphatic rings. The Kier molecular flexibility index (Phi) is 5.50. The van der Waals surface area contributed by atoms with Crippen LogP contribution in [0.4, 0.5) is 0 Å². The average Bonchev–Trinajstić information content (AvgIpc) is 3.05. The number of thioether (sulfide) groups is 1. The van der Waals surface area contributed by atoms with E-state index in [0.29, 0.717) is 33.4 Å². The first kappa shape index (κ1) is 17.3. The number of benzene rings is 1. The maximum atomic E-state index is 13.0. The molecular formula is C18H19ClN2O2S. The summed E-state index contributed by atoms with van der Waals surface area (Å²) in [5.41, 5.74) is 1.55. The number of hydrogen-bond acceptors (Lipinski definition) is 4. The third-order valence-electron chi connectivity index (χ3n) is 4.04. The molecule has 0 spiro atoms. The summed E-state index contributed by atoms with van der Waals surface area (Å²) in [6.07, 6.45) is 2.08. The molecule has 0 saturated carbocycles. The molecular weight excluding hydrogens is 344 g/mol. The standard InChI is InChI=1S/C18H19ClN2O2S/c1-3-4-8-24-18-20-16-12(2)9-13(19)10-15(16)17(22)21(18)11-14-6-5-7-23-14/h9-10,14H,5-8,11H2,1-2H3. The maximum Gasteiger partial charge on any atom is 0.262 e. The van der Waals surface area contributed by atoms with Crippen molar-refractivity contribution in [1.82, 2.24) is 9.55 Å². The van der Waals surface area contributed by atoms with Gasteiger partial charge in [-0.15, -0.1) is 5.92 Å². The lowest BCUT2D eigenvalue weighted by molar-refractivity contribution is 0.0937. The molecule has 1 unspecified atom stereocenters. The lowest BCUT2D eigenvalue weighted by Gasteiger charge is -2.16. The first-order valence-corrected chi connectivity index (χ1v) is 9.31. The molecule has 1 aromatic carbocycles. The predicted octanol–water partition coefficient (Wildman–Crippen LogP) is 3.65. The van der Waals surface area contributed by atoms with E-state index in [0.717, 1.165) is 25.0 Å². The molecule has 3 rings (SSSR count). The van der Waals surface area contributed by atoms with Crippen LogP contribution in [0.25, 0.3) is 10.9 Å². The van der Waals surface area contributed by atoms with Gasteiger partial charge in [-0.25, -0.2) is 4.98 Å². The van der Waals surface area contributed by atoms with Crippen molar-refractivity contribution in [3.05, 3.63) is 33.1 Å². The number of aryl methyl sites for hydroxylation is 1. The van der Waals surface area contributed by atoms with Gasteiger partial charge in [0.05, 0.1) is 29.3 Å². The van der Waals surface area contributed by atoms with Crippen LogP contribution < -0.4 is 5.56 Å². The van der Waals surface area contributed by atoms with Crippen molar-refractivity contribution in [3.63, 3.8) is 0 Å². The molecule has 1 aliphatic heterocycles. The van der Waals surface area contributed by atoms with Crippen LogP contribution in [0.3, 0.4) is 0 Å². The van der Waals surface area contributed by atoms with E-state index >= 15 is 0 Å². The van der Waals surface area contributed by atoms with Gasteiger partial charge >= 0.3 is 0 Å². The summed E-state index contributed by atoms with van der Waals surface area (Å²) in [6.45, 7) is 5.01. The Hall–Kier alpha value is -1.48. The molecule has 1 fully saturated rings. The average molecular weight is 363 g/mol. The van der Waals surface area contributed by atoms with Crippen molar-refractivity contribution in [2.24, 2.45) is 0 Å². The predicted molar refractivity (Wildman–Crippen MR) is 98.9 cm³/mol. The van der Waals surface area contributed by atoms with Crippen molar-refractivity contribution in [3.8, 4) is 11.8 Å². The Bertz CT molecular complexity index is 876. The fourth-order valence-electron chi connectivity index (χ4n) is 2.87. The number of halogens is 1. The van der Waals surface area contributed by atoms with Gasteiger partial charge in [0, 0.05) is 11.6 Å². The van der Waals surface area contributed by atoms with Gasteiger partial charge in [-0.1, -0.05) is 29.3 Å². The van der Waals surface area contributed by atoms with Crippen LogP contribution in [0.15, 0.2) is 22.1 Å². The Balaban J connectivity index is 2.12. The van der Waals surface area contributed by atoms with E-state index in [2.05, 4.69) is 11.8 Å². The quantitative estimate of drug-likeness (QED) is 0.473. The third-order valence-corrected chi connectivity index (χ3v) is 5.12. The molecule has 2 aromatic rings. The number of rotatable bonds is 4. The highest BCUT2D eigenvalue weighted by molar-refractivity contribution is 7.99. The number of ether oxygens (including phenoxy) is 1. The molecule has 126 valence electrons. The second kappa shape index (κ2) is 7.60.